The summed E-state index contributed by atoms with van der Waals surface area (Å²) >= 11 is 0. The van der Waals surface area contributed by atoms with Crippen LogP contribution in [0.1, 0.15) is 10.4 Å². The Bertz CT molecular complexity index is 1150. The molecule has 0 spiro atoms. The SMILES string of the molecule is O=C(OC(C(F)(F)F)C(F)(F)S(=O)(=O)[O-])c1c2ccccc2cc2ccccc12. The van der Waals surface area contributed by atoms with E-state index >= 15 is 0 Å². The zero-order valence-electron chi connectivity index (χ0n) is 14.1. The van der Waals surface area contributed by atoms with E-state index in [0.717, 1.165) is 0 Å². The van der Waals surface area contributed by atoms with Gasteiger partial charge in [-0.2, -0.15) is 22.0 Å². The average molecular weight is 433 g/mol. The van der Waals surface area contributed by atoms with Crippen LogP contribution in [0.25, 0.3) is 21.5 Å². The van der Waals surface area contributed by atoms with Gasteiger partial charge in [-0.25, -0.2) is 13.2 Å². The van der Waals surface area contributed by atoms with Crippen LogP contribution in [0.3, 0.4) is 0 Å². The lowest BCUT2D eigenvalue weighted by Crippen LogP contribution is -2.52. The van der Waals surface area contributed by atoms with Crippen molar-refractivity contribution < 1.29 is 44.5 Å². The number of hydrogen-bond donors (Lipinski definition) is 0. The summed E-state index contributed by atoms with van der Waals surface area (Å²) < 4.78 is 103. The molecule has 0 radical (unpaired) electrons. The maximum atomic E-state index is 13.7. The second-order valence-corrected chi connectivity index (χ2v) is 7.49. The fourth-order valence-electron chi connectivity index (χ4n) is 2.86. The van der Waals surface area contributed by atoms with E-state index in [4.69, 9.17) is 0 Å². The van der Waals surface area contributed by atoms with Gasteiger partial charge in [0, 0.05) is 0 Å². The van der Waals surface area contributed by atoms with Gasteiger partial charge in [0.15, 0.2) is 10.1 Å². The van der Waals surface area contributed by atoms with Crippen molar-refractivity contribution >= 4 is 37.6 Å². The molecule has 0 aliphatic carbocycles. The first-order valence-electron chi connectivity index (χ1n) is 7.85. The number of rotatable bonds is 4. The molecule has 0 saturated heterocycles. The number of fused-ring (bicyclic) bond motifs is 2. The van der Waals surface area contributed by atoms with E-state index in [2.05, 4.69) is 4.74 Å². The highest BCUT2D eigenvalue weighted by Crippen LogP contribution is 2.39. The van der Waals surface area contributed by atoms with Gasteiger partial charge in [-0.15, -0.1) is 0 Å². The van der Waals surface area contributed by atoms with Gasteiger partial charge in [-0.05, 0) is 27.6 Å². The first kappa shape index (κ1) is 20.9. The van der Waals surface area contributed by atoms with E-state index in [0.29, 0.717) is 10.8 Å². The van der Waals surface area contributed by atoms with Gasteiger partial charge in [-0.1, -0.05) is 48.5 Å². The van der Waals surface area contributed by atoms with Crippen molar-refractivity contribution in [3.05, 3.63) is 60.2 Å². The fraction of sp³-hybridized carbons (Fsp3) is 0.167. The molecule has 11 heteroatoms. The van der Waals surface area contributed by atoms with E-state index in [1.807, 2.05) is 0 Å². The van der Waals surface area contributed by atoms with E-state index in [1.165, 1.54) is 36.4 Å². The number of carbonyl (C=O) groups excluding carboxylic acids is 1. The molecular weight excluding hydrogens is 423 g/mol. The Labute approximate surface area is 160 Å². The van der Waals surface area contributed by atoms with Gasteiger partial charge in [0.05, 0.1) is 5.56 Å². The van der Waals surface area contributed by atoms with Crippen LogP contribution in [0.5, 0.6) is 0 Å². The van der Waals surface area contributed by atoms with Crippen molar-refractivity contribution in [2.45, 2.75) is 17.5 Å². The van der Waals surface area contributed by atoms with Crippen molar-refractivity contribution in [2.24, 2.45) is 0 Å². The second-order valence-electron chi connectivity index (χ2n) is 6.04. The quantitative estimate of drug-likeness (QED) is 0.266. The van der Waals surface area contributed by atoms with Crippen molar-refractivity contribution in [1.29, 1.82) is 0 Å². The lowest BCUT2D eigenvalue weighted by atomic mass is 9.97. The Morgan fingerprint density at radius 2 is 1.34 bits per heavy atom. The highest BCUT2D eigenvalue weighted by atomic mass is 32.2. The third-order valence-corrected chi connectivity index (χ3v) is 5.02. The number of carbonyl (C=O) groups is 1. The van der Waals surface area contributed by atoms with Gasteiger partial charge in [-0.3, -0.25) is 0 Å². The number of hydrogen-bond acceptors (Lipinski definition) is 5. The molecule has 3 aromatic rings. The molecule has 0 fully saturated rings. The summed E-state index contributed by atoms with van der Waals surface area (Å²) in [6.45, 7) is 0. The molecule has 1 atom stereocenters. The topological polar surface area (TPSA) is 83.5 Å². The molecule has 3 aromatic carbocycles. The smallest absolute Gasteiger partial charge is 0.432 e. The summed E-state index contributed by atoms with van der Waals surface area (Å²) in [5.41, 5.74) is -0.466. The summed E-state index contributed by atoms with van der Waals surface area (Å²) in [4.78, 5) is 12.6. The lowest BCUT2D eigenvalue weighted by Gasteiger charge is -2.30. The maximum Gasteiger partial charge on any atom is 0.432 e. The summed E-state index contributed by atoms with van der Waals surface area (Å²) in [6.07, 6.45) is -10.5. The summed E-state index contributed by atoms with van der Waals surface area (Å²) in [5, 5.41) is -4.90. The molecule has 0 aliphatic heterocycles. The van der Waals surface area contributed by atoms with Crippen molar-refractivity contribution in [3.63, 3.8) is 0 Å². The largest absolute Gasteiger partial charge is 0.743 e. The fourth-order valence-corrected chi connectivity index (χ4v) is 3.30. The highest BCUT2D eigenvalue weighted by Gasteiger charge is 2.63. The second kappa shape index (κ2) is 6.92. The van der Waals surface area contributed by atoms with Crippen LogP contribution in [-0.2, 0) is 14.9 Å². The Kier molecular flexibility index (Phi) is 4.99. The van der Waals surface area contributed by atoms with E-state index < -0.39 is 39.2 Å². The first-order valence-corrected chi connectivity index (χ1v) is 9.26. The van der Waals surface area contributed by atoms with Crippen molar-refractivity contribution in [2.75, 3.05) is 0 Å². The van der Waals surface area contributed by atoms with Crippen molar-refractivity contribution in [3.8, 4) is 0 Å². The van der Waals surface area contributed by atoms with Crippen LogP contribution in [0, 0.1) is 0 Å². The molecule has 1 unspecified atom stereocenters. The van der Waals surface area contributed by atoms with Crippen LogP contribution < -0.4 is 0 Å². The van der Waals surface area contributed by atoms with E-state index in [-0.39, 0.29) is 10.8 Å². The van der Waals surface area contributed by atoms with Crippen LogP contribution in [0.2, 0.25) is 0 Å². The molecule has 29 heavy (non-hydrogen) atoms. The average Bonchev–Trinajstić information content (AvgIpc) is 2.61. The minimum Gasteiger partial charge on any atom is -0.743 e. The number of esters is 1. The molecule has 5 nitrogen and oxygen atoms in total. The number of alkyl halides is 5. The minimum absolute atomic E-state index is 0.102. The Morgan fingerprint density at radius 1 is 0.897 bits per heavy atom. The maximum absolute atomic E-state index is 13.7. The van der Waals surface area contributed by atoms with E-state index in [1.54, 1.807) is 18.2 Å². The minimum atomic E-state index is -6.78. The van der Waals surface area contributed by atoms with Gasteiger partial charge >= 0.3 is 17.4 Å². The normalized spacial score (nSPS) is 14.1. The molecule has 154 valence electrons. The number of halogens is 5. The molecule has 0 N–H and O–H groups in total. The molecule has 0 bridgehead atoms. The molecule has 3 rings (SSSR count). The van der Waals surface area contributed by atoms with Crippen LogP contribution in [0.15, 0.2) is 54.6 Å². The molecule has 0 aromatic heterocycles. The van der Waals surface area contributed by atoms with Crippen LogP contribution in [-0.4, -0.2) is 36.5 Å². The predicted octanol–water partition coefficient (Wildman–Crippen LogP) is 4.22. The highest BCUT2D eigenvalue weighted by molar-refractivity contribution is 7.86. The molecular formula is C18H10F5O5S-. The predicted molar refractivity (Wildman–Crippen MR) is 91.4 cm³/mol. The van der Waals surface area contributed by atoms with Crippen molar-refractivity contribution in [1.82, 2.24) is 0 Å². The first-order chi connectivity index (χ1) is 13.3. The zero-order chi connectivity index (χ0) is 21.6. The monoisotopic (exact) mass is 433 g/mol. The molecule has 0 amide bonds. The Hall–Kier alpha value is -2.79. The van der Waals surface area contributed by atoms with Gasteiger partial charge in [0.25, 0.3) is 6.10 Å². The third kappa shape index (κ3) is 3.75. The summed E-state index contributed by atoms with van der Waals surface area (Å²) in [6, 6.07) is 13.5. The standard InChI is InChI=1S/C18H11F5O5S/c19-17(20,21)16(18(22,23)29(25,26)27)28-15(24)14-12-7-3-1-5-10(12)9-11-6-2-4-8-13(11)14/h1-9,16H,(H,25,26,27)/p-1. The Morgan fingerprint density at radius 3 is 1.76 bits per heavy atom. The zero-order valence-corrected chi connectivity index (χ0v) is 14.9. The summed E-state index contributed by atoms with van der Waals surface area (Å²) in [5.74, 6) is -1.84. The molecule has 0 aliphatic rings. The molecule has 0 saturated carbocycles. The third-order valence-electron chi connectivity index (χ3n) is 4.14. The van der Waals surface area contributed by atoms with Gasteiger partial charge < -0.3 is 9.29 Å². The van der Waals surface area contributed by atoms with Crippen LogP contribution in [0.4, 0.5) is 22.0 Å². The lowest BCUT2D eigenvalue weighted by molar-refractivity contribution is -0.248. The Balaban J connectivity index is 2.20. The summed E-state index contributed by atoms with van der Waals surface area (Å²) in [7, 11) is -6.78. The number of ether oxygens (including phenoxy) is 1. The number of benzene rings is 3. The van der Waals surface area contributed by atoms with Gasteiger partial charge in [0.1, 0.15) is 0 Å². The molecule has 0 heterocycles. The van der Waals surface area contributed by atoms with Gasteiger partial charge in [0.2, 0.25) is 0 Å². The van der Waals surface area contributed by atoms with Crippen LogP contribution >= 0.6 is 0 Å². The van der Waals surface area contributed by atoms with E-state index in [9.17, 15) is 39.7 Å².